The van der Waals surface area contributed by atoms with E-state index < -0.39 is 6.04 Å². The van der Waals surface area contributed by atoms with Gasteiger partial charge in [-0.2, -0.15) is 0 Å². The highest BCUT2D eigenvalue weighted by atomic mass is 35.5. The van der Waals surface area contributed by atoms with Gasteiger partial charge in [-0.1, -0.05) is 36.4 Å². The van der Waals surface area contributed by atoms with Crippen molar-refractivity contribution >= 4 is 24.2 Å². The van der Waals surface area contributed by atoms with Crippen molar-refractivity contribution in [1.82, 2.24) is 16.0 Å². The Morgan fingerprint density at radius 3 is 2.50 bits per heavy atom. The van der Waals surface area contributed by atoms with Crippen LogP contribution in [0.15, 0.2) is 48.5 Å². The first-order valence-corrected chi connectivity index (χ1v) is 9.08. The van der Waals surface area contributed by atoms with E-state index in [0.717, 1.165) is 11.3 Å². The van der Waals surface area contributed by atoms with E-state index in [2.05, 4.69) is 22.0 Å². The molecule has 1 aliphatic rings. The summed E-state index contributed by atoms with van der Waals surface area (Å²) in [7, 11) is 1.61. The van der Waals surface area contributed by atoms with Gasteiger partial charge in [0, 0.05) is 13.1 Å². The van der Waals surface area contributed by atoms with Crippen molar-refractivity contribution in [2.24, 2.45) is 0 Å². The van der Waals surface area contributed by atoms with Crippen molar-refractivity contribution < 1.29 is 14.3 Å². The second-order valence-electron chi connectivity index (χ2n) is 6.70. The third-order valence-corrected chi connectivity index (χ3v) is 4.78. The molecule has 0 saturated heterocycles. The summed E-state index contributed by atoms with van der Waals surface area (Å²) in [5.41, 5.74) is 3.35. The molecule has 1 aliphatic heterocycles. The number of carbonyl (C=O) groups is 2. The largest absolute Gasteiger partial charge is 0.497 e. The highest BCUT2D eigenvalue weighted by Gasteiger charge is 2.26. The van der Waals surface area contributed by atoms with Crippen LogP contribution in [0.25, 0.3) is 0 Å². The van der Waals surface area contributed by atoms with Gasteiger partial charge in [0.25, 0.3) is 0 Å². The minimum Gasteiger partial charge on any atom is -0.497 e. The first kappa shape index (κ1) is 21.7. The van der Waals surface area contributed by atoms with Crippen molar-refractivity contribution in [3.05, 3.63) is 65.2 Å². The molecule has 6 nitrogen and oxygen atoms in total. The van der Waals surface area contributed by atoms with Gasteiger partial charge in [0.1, 0.15) is 11.8 Å². The topological polar surface area (TPSA) is 79.5 Å². The zero-order valence-corrected chi connectivity index (χ0v) is 16.8. The summed E-state index contributed by atoms with van der Waals surface area (Å²) in [6, 6.07) is 14.6. The molecule has 0 bridgehead atoms. The number of benzene rings is 2. The summed E-state index contributed by atoms with van der Waals surface area (Å²) in [5, 5.41) is 8.88. The van der Waals surface area contributed by atoms with E-state index in [-0.39, 0.29) is 30.3 Å². The van der Waals surface area contributed by atoms with Gasteiger partial charge in [0.2, 0.25) is 11.8 Å². The minimum absolute atomic E-state index is 0. The number of methoxy groups -OCH3 is 1. The Morgan fingerprint density at radius 2 is 1.82 bits per heavy atom. The monoisotopic (exact) mass is 403 g/mol. The second-order valence-corrected chi connectivity index (χ2v) is 6.70. The molecule has 0 radical (unpaired) electrons. The maximum atomic E-state index is 12.5. The molecule has 0 aromatic heterocycles. The van der Waals surface area contributed by atoms with Gasteiger partial charge in [0.15, 0.2) is 0 Å². The first-order chi connectivity index (χ1) is 13.1. The van der Waals surface area contributed by atoms with Gasteiger partial charge in [0.05, 0.1) is 13.2 Å². The van der Waals surface area contributed by atoms with E-state index in [9.17, 15) is 9.59 Å². The van der Waals surface area contributed by atoms with Crippen LogP contribution >= 0.6 is 12.4 Å². The van der Waals surface area contributed by atoms with E-state index in [4.69, 9.17) is 4.74 Å². The summed E-state index contributed by atoms with van der Waals surface area (Å²) < 4.78 is 5.12. The van der Waals surface area contributed by atoms with Gasteiger partial charge in [-0.05, 0) is 42.2 Å². The Labute approximate surface area is 171 Å². The van der Waals surface area contributed by atoms with Crippen molar-refractivity contribution in [2.45, 2.75) is 38.5 Å². The number of hydrogen-bond acceptors (Lipinski definition) is 4. The minimum atomic E-state index is -0.602. The Balaban J connectivity index is 0.00000280. The number of amides is 2. The number of fused-ring (bicyclic) bond motifs is 1. The average molecular weight is 404 g/mol. The maximum absolute atomic E-state index is 12.5. The van der Waals surface area contributed by atoms with E-state index in [0.29, 0.717) is 19.5 Å². The molecule has 0 unspecified atom stereocenters. The molecule has 2 aromatic carbocycles. The number of nitrogens with one attached hydrogen (secondary N) is 3. The molecule has 0 aliphatic carbocycles. The quantitative estimate of drug-likeness (QED) is 0.688. The van der Waals surface area contributed by atoms with E-state index in [1.807, 2.05) is 42.5 Å². The third kappa shape index (κ3) is 5.47. The molecule has 1 heterocycles. The number of hydrogen-bond donors (Lipinski definition) is 3. The summed E-state index contributed by atoms with van der Waals surface area (Å²) >= 11 is 0. The van der Waals surface area contributed by atoms with Crippen LogP contribution in [0, 0.1) is 0 Å². The van der Waals surface area contributed by atoms with Crippen LogP contribution in [0.4, 0.5) is 0 Å². The van der Waals surface area contributed by atoms with Gasteiger partial charge >= 0.3 is 0 Å². The molecule has 3 N–H and O–H groups in total. The third-order valence-electron chi connectivity index (χ3n) is 4.78. The van der Waals surface area contributed by atoms with Crippen LogP contribution in [-0.2, 0) is 29.1 Å². The van der Waals surface area contributed by atoms with E-state index in [1.165, 1.54) is 11.1 Å². The first-order valence-electron chi connectivity index (χ1n) is 9.08. The van der Waals surface area contributed by atoms with Crippen LogP contribution in [0.5, 0.6) is 5.75 Å². The Morgan fingerprint density at radius 1 is 1.14 bits per heavy atom. The smallest absolute Gasteiger partial charge is 0.242 e. The van der Waals surface area contributed by atoms with Crippen LogP contribution in [0.3, 0.4) is 0 Å². The Bertz CT molecular complexity index is 811. The van der Waals surface area contributed by atoms with Crippen molar-refractivity contribution in [3.63, 3.8) is 0 Å². The SMILES string of the molecule is COc1ccc(CNC(=O)[C@@H](C)NC(=O)[C@@H]2Cc3ccccc3CN2)cc1.Cl. The zero-order chi connectivity index (χ0) is 19.2. The Hall–Kier alpha value is -2.57. The number of ether oxygens (including phenoxy) is 1. The lowest BCUT2D eigenvalue weighted by Gasteiger charge is -2.26. The lowest BCUT2D eigenvalue weighted by atomic mass is 9.95. The van der Waals surface area contributed by atoms with E-state index in [1.54, 1.807) is 14.0 Å². The van der Waals surface area contributed by atoms with Crippen LogP contribution in [0.2, 0.25) is 0 Å². The fourth-order valence-electron chi connectivity index (χ4n) is 3.10. The van der Waals surface area contributed by atoms with Crippen molar-refractivity contribution in [2.75, 3.05) is 7.11 Å². The number of rotatable bonds is 6. The maximum Gasteiger partial charge on any atom is 0.242 e. The van der Waals surface area contributed by atoms with Gasteiger partial charge in [-0.15, -0.1) is 12.4 Å². The molecular formula is C21H26ClN3O3. The summed E-state index contributed by atoms with van der Waals surface area (Å²) in [6.45, 7) is 2.75. The lowest BCUT2D eigenvalue weighted by molar-refractivity contribution is -0.129. The second kappa shape index (κ2) is 10.1. The van der Waals surface area contributed by atoms with Crippen molar-refractivity contribution in [1.29, 1.82) is 0 Å². The van der Waals surface area contributed by atoms with Crippen LogP contribution in [-0.4, -0.2) is 31.0 Å². The number of halogens is 1. The van der Waals surface area contributed by atoms with Gasteiger partial charge in [-0.3, -0.25) is 9.59 Å². The van der Waals surface area contributed by atoms with Crippen molar-refractivity contribution in [3.8, 4) is 5.75 Å². The summed E-state index contributed by atoms with van der Waals surface area (Å²) in [4.78, 5) is 24.8. The molecule has 2 atom stereocenters. The Kier molecular flexibility index (Phi) is 7.84. The molecular weight excluding hydrogens is 378 g/mol. The standard InChI is InChI=1S/C21H25N3O3.ClH/c1-14(20(25)23-12-15-7-9-18(27-2)10-8-15)24-21(26)19-11-16-5-3-4-6-17(16)13-22-19;/h3-10,14,19,22H,11-13H2,1-2H3,(H,23,25)(H,24,26);1H/t14-,19+;/m1./s1. The molecule has 2 amide bonds. The predicted octanol–water partition coefficient (Wildman–Crippen LogP) is 1.95. The average Bonchev–Trinajstić information content (AvgIpc) is 2.71. The molecule has 28 heavy (non-hydrogen) atoms. The summed E-state index contributed by atoms with van der Waals surface area (Å²) in [6.07, 6.45) is 0.627. The highest BCUT2D eigenvalue weighted by Crippen LogP contribution is 2.16. The molecule has 2 aromatic rings. The molecule has 150 valence electrons. The normalized spacial score (nSPS) is 16.1. The van der Waals surface area contributed by atoms with Crippen LogP contribution in [0.1, 0.15) is 23.6 Å². The van der Waals surface area contributed by atoms with E-state index >= 15 is 0 Å². The number of carbonyl (C=O) groups excluding carboxylic acids is 2. The molecule has 0 fully saturated rings. The van der Waals surface area contributed by atoms with Crippen LogP contribution < -0.4 is 20.7 Å². The molecule has 0 spiro atoms. The summed E-state index contributed by atoms with van der Waals surface area (Å²) in [5.74, 6) is 0.402. The predicted molar refractivity (Wildman–Crippen MR) is 110 cm³/mol. The van der Waals surface area contributed by atoms with Gasteiger partial charge in [-0.25, -0.2) is 0 Å². The molecule has 7 heteroatoms. The molecule has 3 rings (SSSR count). The van der Waals surface area contributed by atoms with Gasteiger partial charge < -0.3 is 20.7 Å². The highest BCUT2D eigenvalue weighted by molar-refractivity contribution is 5.89. The fourth-order valence-corrected chi connectivity index (χ4v) is 3.10. The molecule has 0 saturated carbocycles. The fraction of sp³-hybridized carbons (Fsp3) is 0.333. The zero-order valence-electron chi connectivity index (χ0n) is 16.0. The lowest BCUT2D eigenvalue weighted by Crippen LogP contribution is -2.53.